The monoisotopic (exact) mass is 574 g/mol. The molecule has 43 heavy (non-hydrogen) atoms. The van der Waals surface area contributed by atoms with Crippen LogP contribution in [-0.2, 0) is 11.3 Å². The molecule has 4 aliphatic carbocycles. The van der Waals surface area contributed by atoms with Crippen LogP contribution in [-0.4, -0.2) is 68.2 Å². The molecule has 1 aliphatic heterocycles. The highest BCUT2D eigenvalue weighted by molar-refractivity contribution is 5.95. The van der Waals surface area contributed by atoms with Gasteiger partial charge in [0.2, 0.25) is 5.91 Å². The number of amides is 3. The van der Waals surface area contributed by atoms with Gasteiger partial charge >= 0.3 is 6.03 Å². The van der Waals surface area contributed by atoms with Gasteiger partial charge in [-0.3, -0.25) is 14.5 Å². The van der Waals surface area contributed by atoms with E-state index in [4.69, 9.17) is 0 Å². The number of benzene rings is 2. The van der Waals surface area contributed by atoms with Crippen LogP contribution < -0.4 is 5.32 Å². The Morgan fingerprint density at radius 3 is 2.14 bits per heavy atom. The van der Waals surface area contributed by atoms with Crippen molar-refractivity contribution in [3.63, 3.8) is 0 Å². The maximum absolute atomic E-state index is 13.2. The van der Waals surface area contributed by atoms with Gasteiger partial charge in [-0.1, -0.05) is 48.5 Å². The Bertz CT molecular complexity index is 1630. The summed E-state index contributed by atoms with van der Waals surface area (Å²) < 4.78 is 1.71. The lowest BCUT2D eigenvalue weighted by molar-refractivity contribution is -0.133. The summed E-state index contributed by atoms with van der Waals surface area (Å²) in [7, 11) is 0. The standard InChI is InChI=1S/C35H38N6O2/c42-33(39-9-11-40(12-10-39)34(43)38-35-16-24-13-25(17-35)15-26(14-24)18-35)23-41-22-30(20-37-41)27-5-7-28(8-6-27)32-21-36-19-29-3-1-2-4-31(29)32/h1-8,19-22,24-26H,9-18,23H2,(H,38,43). The molecule has 1 N–H and O–H groups in total. The third kappa shape index (κ3) is 5.07. The van der Waals surface area contributed by atoms with E-state index >= 15 is 0 Å². The Labute approximate surface area is 252 Å². The van der Waals surface area contributed by atoms with Crippen LogP contribution in [0.5, 0.6) is 0 Å². The van der Waals surface area contributed by atoms with Gasteiger partial charge in [-0.05, 0) is 72.8 Å². The van der Waals surface area contributed by atoms with E-state index < -0.39 is 0 Å². The summed E-state index contributed by atoms with van der Waals surface area (Å²) in [6.07, 6.45) is 15.1. The van der Waals surface area contributed by atoms with Crippen molar-refractivity contribution in [3.05, 3.63) is 73.3 Å². The summed E-state index contributed by atoms with van der Waals surface area (Å²) >= 11 is 0. The molecule has 5 aliphatic rings. The molecule has 0 spiro atoms. The van der Waals surface area contributed by atoms with Gasteiger partial charge in [-0.15, -0.1) is 0 Å². The number of hydrogen-bond acceptors (Lipinski definition) is 4. The van der Waals surface area contributed by atoms with E-state index in [0.717, 1.165) is 64.7 Å². The van der Waals surface area contributed by atoms with Gasteiger partial charge in [0.25, 0.3) is 0 Å². The van der Waals surface area contributed by atoms with E-state index in [1.165, 1.54) is 24.6 Å². The molecule has 0 unspecified atom stereocenters. The van der Waals surface area contributed by atoms with Gasteiger partial charge in [0.05, 0.1) is 6.20 Å². The fraction of sp³-hybridized carbons (Fsp3) is 0.429. The molecule has 9 rings (SSSR count). The van der Waals surface area contributed by atoms with Crippen molar-refractivity contribution in [2.75, 3.05) is 26.2 Å². The molecule has 4 saturated carbocycles. The van der Waals surface area contributed by atoms with Gasteiger partial charge in [-0.2, -0.15) is 5.10 Å². The molecule has 4 bridgehead atoms. The van der Waals surface area contributed by atoms with Crippen molar-refractivity contribution in [2.24, 2.45) is 17.8 Å². The third-order valence-corrected chi connectivity index (χ3v) is 10.5. The first-order valence-electron chi connectivity index (χ1n) is 15.8. The Balaban J connectivity index is 0.862. The smallest absolute Gasteiger partial charge is 0.317 e. The van der Waals surface area contributed by atoms with E-state index in [-0.39, 0.29) is 24.0 Å². The van der Waals surface area contributed by atoms with Crippen LogP contribution in [0, 0.1) is 17.8 Å². The van der Waals surface area contributed by atoms with Crippen LogP contribution in [0.15, 0.2) is 73.3 Å². The Kier molecular flexibility index (Phi) is 6.46. The van der Waals surface area contributed by atoms with Crippen molar-refractivity contribution in [2.45, 2.75) is 50.6 Å². The SMILES string of the molecule is O=C(Cn1cc(-c2ccc(-c3cncc4ccccc34)cc2)cn1)N1CCN(C(=O)NC23CC4CC(CC(C4)C2)C3)CC1. The van der Waals surface area contributed by atoms with Crippen molar-refractivity contribution in [1.29, 1.82) is 0 Å². The summed E-state index contributed by atoms with van der Waals surface area (Å²) in [5, 5.41) is 10.3. The molecular weight excluding hydrogens is 536 g/mol. The Morgan fingerprint density at radius 1 is 0.767 bits per heavy atom. The maximum atomic E-state index is 13.2. The minimum absolute atomic E-state index is 0.0179. The zero-order chi connectivity index (χ0) is 29.0. The minimum atomic E-state index is 0.0179. The van der Waals surface area contributed by atoms with Crippen LogP contribution in [0.4, 0.5) is 4.79 Å². The first kappa shape index (κ1) is 26.4. The van der Waals surface area contributed by atoms with Crippen LogP contribution in [0.2, 0.25) is 0 Å². The van der Waals surface area contributed by atoms with E-state index in [1.807, 2.05) is 40.7 Å². The number of rotatable bonds is 5. The average Bonchev–Trinajstić information content (AvgIpc) is 3.48. The molecule has 0 atom stereocenters. The molecule has 2 aromatic heterocycles. The number of urea groups is 1. The predicted octanol–water partition coefficient (Wildman–Crippen LogP) is 5.59. The second kappa shape index (κ2) is 10.5. The summed E-state index contributed by atoms with van der Waals surface area (Å²) in [6, 6.07) is 16.8. The number of carbonyl (C=O) groups excluding carboxylic acids is 2. The van der Waals surface area contributed by atoms with Crippen LogP contribution >= 0.6 is 0 Å². The Morgan fingerprint density at radius 2 is 1.42 bits per heavy atom. The zero-order valence-electron chi connectivity index (χ0n) is 24.5. The minimum Gasteiger partial charge on any atom is -0.338 e. The average molecular weight is 575 g/mol. The zero-order valence-corrected chi connectivity index (χ0v) is 24.5. The second-order valence-corrected chi connectivity index (χ2v) is 13.4. The molecule has 0 radical (unpaired) electrons. The molecule has 8 heteroatoms. The highest BCUT2D eigenvalue weighted by atomic mass is 16.2. The Hall–Kier alpha value is -4.20. The largest absolute Gasteiger partial charge is 0.338 e. The summed E-state index contributed by atoms with van der Waals surface area (Å²) in [6.45, 7) is 2.47. The number of piperazine rings is 1. The van der Waals surface area contributed by atoms with Crippen molar-refractivity contribution in [1.82, 2.24) is 29.9 Å². The summed E-state index contributed by atoms with van der Waals surface area (Å²) in [5.41, 5.74) is 4.26. The highest BCUT2D eigenvalue weighted by Crippen LogP contribution is 2.55. The van der Waals surface area contributed by atoms with Gasteiger partial charge in [0.15, 0.2) is 0 Å². The third-order valence-electron chi connectivity index (χ3n) is 10.5. The fourth-order valence-corrected chi connectivity index (χ4v) is 8.76. The van der Waals surface area contributed by atoms with E-state index in [1.54, 1.807) is 4.68 Å². The maximum Gasteiger partial charge on any atom is 0.317 e. The summed E-state index contributed by atoms with van der Waals surface area (Å²) in [4.78, 5) is 34.6. The van der Waals surface area contributed by atoms with Gasteiger partial charge in [0.1, 0.15) is 6.54 Å². The molecule has 220 valence electrons. The quantitative estimate of drug-likeness (QED) is 0.337. The number of nitrogens with one attached hydrogen (secondary N) is 1. The van der Waals surface area contributed by atoms with Crippen molar-refractivity contribution >= 4 is 22.7 Å². The molecule has 1 saturated heterocycles. The lowest BCUT2D eigenvalue weighted by Crippen LogP contribution is -2.63. The first-order valence-corrected chi connectivity index (χ1v) is 15.8. The fourth-order valence-electron chi connectivity index (χ4n) is 8.76. The topological polar surface area (TPSA) is 83.4 Å². The van der Waals surface area contributed by atoms with Crippen molar-refractivity contribution < 1.29 is 9.59 Å². The molecule has 2 aromatic carbocycles. The van der Waals surface area contributed by atoms with E-state index in [2.05, 4.69) is 57.9 Å². The number of fused-ring (bicyclic) bond motifs is 1. The van der Waals surface area contributed by atoms with E-state index in [0.29, 0.717) is 26.2 Å². The highest BCUT2D eigenvalue weighted by Gasteiger charge is 2.51. The van der Waals surface area contributed by atoms with Crippen LogP contribution in [0.1, 0.15) is 38.5 Å². The molecule has 8 nitrogen and oxygen atoms in total. The van der Waals surface area contributed by atoms with Crippen molar-refractivity contribution in [3.8, 4) is 22.3 Å². The van der Waals surface area contributed by atoms with Gasteiger partial charge in [0, 0.05) is 66.8 Å². The lowest BCUT2D eigenvalue weighted by Gasteiger charge is -2.57. The molecule has 3 heterocycles. The molecule has 3 amide bonds. The predicted molar refractivity (Wildman–Crippen MR) is 166 cm³/mol. The summed E-state index contributed by atoms with van der Waals surface area (Å²) in [5.74, 6) is 2.44. The number of nitrogens with zero attached hydrogens (tertiary/aromatic N) is 5. The molecule has 5 fully saturated rings. The number of pyridine rings is 1. The first-order chi connectivity index (χ1) is 21.0. The molecular formula is C35H38N6O2. The van der Waals surface area contributed by atoms with Gasteiger partial charge < -0.3 is 15.1 Å². The lowest BCUT2D eigenvalue weighted by atomic mass is 9.53. The van der Waals surface area contributed by atoms with Crippen LogP contribution in [0.3, 0.4) is 0 Å². The van der Waals surface area contributed by atoms with Gasteiger partial charge in [-0.25, -0.2) is 4.79 Å². The number of carbonyl (C=O) groups is 2. The normalized spacial score (nSPS) is 26.2. The van der Waals surface area contributed by atoms with Crippen LogP contribution in [0.25, 0.3) is 33.0 Å². The van der Waals surface area contributed by atoms with E-state index in [9.17, 15) is 9.59 Å². The number of aromatic nitrogens is 3. The number of hydrogen-bond donors (Lipinski definition) is 1. The molecule has 4 aromatic rings. The second-order valence-electron chi connectivity index (χ2n) is 13.4.